The zero-order valence-electron chi connectivity index (χ0n) is 12.1. The van der Waals surface area contributed by atoms with Gasteiger partial charge in [0.05, 0.1) is 25.2 Å². The molecule has 1 rings (SSSR count). The molecule has 1 aromatic rings. The van der Waals surface area contributed by atoms with Crippen LogP contribution in [0.5, 0.6) is 0 Å². The number of carbonyl (C=O) groups is 2. The minimum Gasteiger partial charge on any atom is -0.466 e. The van der Waals surface area contributed by atoms with Gasteiger partial charge in [0, 0.05) is 5.56 Å². The highest BCUT2D eigenvalue weighted by molar-refractivity contribution is 5.94. The van der Waals surface area contributed by atoms with E-state index in [1.807, 2.05) is 19.1 Å². The number of nitrogens with one attached hydrogen (secondary N) is 1. The number of hydrogen-bond acceptors (Lipinski definition) is 4. The third kappa shape index (κ3) is 5.01. The zero-order valence-corrected chi connectivity index (χ0v) is 12.1. The molecule has 1 amide bonds. The van der Waals surface area contributed by atoms with Gasteiger partial charge in [-0.15, -0.1) is 0 Å². The summed E-state index contributed by atoms with van der Waals surface area (Å²) >= 11 is 0. The van der Waals surface area contributed by atoms with E-state index in [-0.39, 0.29) is 18.9 Å². The number of rotatable bonds is 6. The Morgan fingerprint density at radius 2 is 1.90 bits per heavy atom. The molecule has 0 bridgehead atoms. The summed E-state index contributed by atoms with van der Waals surface area (Å²) in [4.78, 5) is 23.2. The van der Waals surface area contributed by atoms with Gasteiger partial charge >= 0.3 is 5.97 Å². The number of carbonyl (C=O) groups excluding carboxylic acids is 2. The Morgan fingerprint density at radius 1 is 1.30 bits per heavy atom. The van der Waals surface area contributed by atoms with Crippen molar-refractivity contribution in [1.82, 2.24) is 5.32 Å². The van der Waals surface area contributed by atoms with E-state index in [2.05, 4.69) is 5.32 Å². The molecule has 0 aliphatic heterocycles. The van der Waals surface area contributed by atoms with Crippen LogP contribution in [0.2, 0.25) is 0 Å². The Balaban J connectivity index is 2.52. The monoisotopic (exact) mass is 279 g/mol. The summed E-state index contributed by atoms with van der Waals surface area (Å²) in [6, 6.07) is 6.58. The highest BCUT2D eigenvalue weighted by Gasteiger charge is 2.20. The van der Waals surface area contributed by atoms with E-state index in [4.69, 9.17) is 4.74 Å². The molecule has 0 aliphatic rings. The number of amides is 1. The summed E-state index contributed by atoms with van der Waals surface area (Å²) in [5.41, 5.74) is 1.59. The van der Waals surface area contributed by atoms with Gasteiger partial charge < -0.3 is 15.2 Å². The standard InChI is InChI=1S/C15H21NO4/c1-4-20-14(18)9-13(17)11(3)16-15(19)12-7-5-10(2)6-8-12/h5-8,11,13,17H,4,9H2,1-3H3,(H,16,19). The molecule has 5 heteroatoms. The largest absolute Gasteiger partial charge is 0.466 e. The van der Waals surface area contributed by atoms with Crippen molar-refractivity contribution in [2.45, 2.75) is 39.3 Å². The van der Waals surface area contributed by atoms with E-state index in [9.17, 15) is 14.7 Å². The number of benzene rings is 1. The molecule has 2 unspecified atom stereocenters. The quantitative estimate of drug-likeness (QED) is 0.772. The lowest BCUT2D eigenvalue weighted by Crippen LogP contribution is -2.42. The van der Waals surface area contributed by atoms with Crippen LogP contribution in [0.3, 0.4) is 0 Å². The first-order valence-corrected chi connectivity index (χ1v) is 6.65. The lowest BCUT2D eigenvalue weighted by molar-refractivity contribution is -0.145. The lowest BCUT2D eigenvalue weighted by Gasteiger charge is -2.19. The highest BCUT2D eigenvalue weighted by Crippen LogP contribution is 2.06. The summed E-state index contributed by atoms with van der Waals surface area (Å²) in [5, 5.41) is 12.5. The summed E-state index contributed by atoms with van der Waals surface area (Å²) in [6.07, 6.45) is -1.10. The number of aliphatic hydroxyl groups is 1. The van der Waals surface area contributed by atoms with Crippen LogP contribution in [-0.4, -0.2) is 35.7 Å². The molecular weight excluding hydrogens is 258 g/mol. The summed E-state index contributed by atoms with van der Waals surface area (Å²) < 4.78 is 4.75. The second kappa shape index (κ2) is 7.65. The maximum absolute atomic E-state index is 11.9. The molecule has 110 valence electrons. The number of aryl methyl sites for hydroxylation is 1. The Labute approximate surface area is 118 Å². The molecule has 0 fully saturated rings. The minimum absolute atomic E-state index is 0.136. The second-order valence-electron chi connectivity index (χ2n) is 4.70. The van der Waals surface area contributed by atoms with Crippen molar-refractivity contribution in [2.75, 3.05) is 6.61 Å². The van der Waals surface area contributed by atoms with Crippen molar-refractivity contribution in [2.24, 2.45) is 0 Å². The van der Waals surface area contributed by atoms with Crippen LogP contribution in [0.4, 0.5) is 0 Å². The van der Waals surface area contributed by atoms with Crippen molar-refractivity contribution in [3.05, 3.63) is 35.4 Å². The third-order valence-electron chi connectivity index (χ3n) is 2.93. The van der Waals surface area contributed by atoms with Crippen molar-refractivity contribution in [3.63, 3.8) is 0 Å². The van der Waals surface area contributed by atoms with Gasteiger partial charge in [-0.2, -0.15) is 0 Å². The van der Waals surface area contributed by atoms with E-state index >= 15 is 0 Å². The van der Waals surface area contributed by atoms with E-state index < -0.39 is 18.1 Å². The molecule has 0 heterocycles. The van der Waals surface area contributed by atoms with Gasteiger partial charge in [0.1, 0.15) is 0 Å². The molecule has 0 saturated carbocycles. The topological polar surface area (TPSA) is 75.6 Å². The van der Waals surface area contributed by atoms with Crippen molar-refractivity contribution in [3.8, 4) is 0 Å². The fourth-order valence-electron chi connectivity index (χ4n) is 1.66. The summed E-state index contributed by atoms with van der Waals surface area (Å²) in [6.45, 7) is 5.56. The first kappa shape index (κ1) is 16.2. The van der Waals surface area contributed by atoms with Gasteiger partial charge in [-0.3, -0.25) is 9.59 Å². The number of ether oxygens (including phenoxy) is 1. The molecule has 5 nitrogen and oxygen atoms in total. The number of esters is 1. The Morgan fingerprint density at radius 3 is 2.45 bits per heavy atom. The van der Waals surface area contributed by atoms with Crippen LogP contribution < -0.4 is 5.32 Å². The number of aliphatic hydroxyl groups excluding tert-OH is 1. The smallest absolute Gasteiger partial charge is 0.308 e. The van der Waals surface area contributed by atoms with Crippen LogP contribution in [0.1, 0.15) is 36.2 Å². The van der Waals surface area contributed by atoms with E-state index in [1.165, 1.54) is 0 Å². The predicted molar refractivity (Wildman–Crippen MR) is 75.4 cm³/mol. The van der Waals surface area contributed by atoms with Gasteiger partial charge in [0.2, 0.25) is 0 Å². The Kier molecular flexibility index (Phi) is 6.18. The normalized spacial score (nSPS) is 13.4. The van der Waals surface area contributed by atoms with Crippen molar-refractivity contribution in [1.29, 1.82) is 0 Å². The van der Waals surface area contributed by atoms with Crippen LogP contribution in [-0.2, 0) is 9.53 Å². The molecule has 2 atom stereocenters. The number of hydrogen-bond donors (Lipinski definition) is 2. The van der Waals surface area contributed by atoms with Crippen LogP contribution in [0, 0.1) is 6.92 Å². The van der Waals surface area contributed by atoms with Crippen LogP contribution in [0.25, 0.3) is 0 Å². The molecule has 0 aliphatic carbocycles. The first-order valence-electron chi connectivity index (χ1n) is 6.65. The predicted octanol–water partition coefficient (Wildman–Crippen LogP) is 1.43. The summed E-state index contributed by atoms with van der Waals surface area (Å²) in [7, 11) is 0. The fraction of sp³-hybridized carbons (Fsp3) is 0.467. The molecule has 0 aromatic heterocycles. The molecule has 20 heavy (non-hydrogen) atoms. The molecule has 0 spiro atoms. The summed E-state index contributed by atoms with van der Waals surface area (Å²) in [5.74, 6) is -0.753. The fourth-order valence-corrected chi connectivity index (χ4v) is 1.66. The SMILES string of the molecule is CCOC(=O)CC(O)C(C)NC(=O)c1ccc(C)cc1. The molecule has 0 radical (unpaired) electrons. The van der Waals surface area contributed by atoms with Crippen molar-refractivity contribution >= 4 is 11.9 Å². The highest BCUT2D eigenvalue weighted by atomic mass is 16.5. The van der Waals surface area contributed by atoms with Gasteiger partial charge in [-0.05, 0) is 32.9 Å². The molecule has 2 N–H and O–H groups in total. The first-order chi connectivity index (χ1) is 9.43. The zero-order chi connectivity index (χ0) is 15.1. The van der Waals surface area contributed by atoms with E-state index in [0.29, 0.717) is 5.56 Å². The second-order valence-corrected chi connectivity index (χ2v) is 4.70. The molecule has 0 saturated heterocycles. The third-order valence-corrected chi connectivity index (χ3v) is 2.93. The van der Waals surface area contributed by atoms with Crippen molar-refractivity contribution < 1.29 is 19.4 Å². The Hall–Kier alpha value is -1.88. The van der Waals surface area contributed by atoms with Gasteiger partial charge in [0.15, 0.2) is 0 Å². The van der Waals surface area contributed by atoms with Gasteiger partial charge in [0.25, 0.3) is 5.91 Å². The average Bonchev–Trinajstić information content (AvgIpc) is 2.39. The molecular formula is C15H21NO4. The maximum atomic E-state index is 11.9. The van der Waals surface area contributed by atoms with Gasteiger partial charge in [-0.1, -0.05) is 17.7 Å². The lowest BCUT2D eigenvalue weighted by atomic mass is 10.1. The van der Waals surface area contributed by atoms with Crippen LogP contribution in [0.15, 0.2) is 24.3 Å². The maximum Gasteiger partial charge on any atom is 0.308 e. The van der Waals surface area contributed by atoms with E-state index in [0.717, 1.165) is 5.56 Å². The van der Waals surface area contributed by atoms with Gasteiger partial charge in [-0.25, -0.2) is 0 Å². The van der Waals surface area contributed by atoms with Crippen LogP contribution >= 0.6 is 0 Å². The molecule has 1 aromatic carbocycles. The average molecular weight is 279 g/mol. The van der Waals surface area contributed by atoms with E-state index in [1.54, 1.807) is 26.0 Å². The minimum atomic E-state index is -0.969. The Bertz CT molecular complexity index is 455.